The van der Waals surface area contributed by atoms with E-state index < -0.39 is 0 Å². The van der Waals surface area contributed by atoms with Crippen LogP contribution >= 0.6 is 0 Å². The molecule has 1 unspecified atom stereocenters. The minimum absolute atomic E-state index is 0.0514. The lowest BCUT2D eigenvalue weighted by Gasteiger charge is -2.53. The van der Waals surface area contributed by atoms with E-state index in [1.165, 1.54) is 17.5 Å². The molecule has 138 valence electrons. The Labute approximate surface area is 151 Å². The van der Waals surface area contributed by atoms with Gasteiger partial charge < -0.3 is 14.9 Å². The van der Waals surface area contributed by atoms with Crippen LogP contribution in [0.5, 0.6) is 5.75 Å². The molecule has 0 amide bonds. The molecule has 2 N–H and O–H groups in total. The maximum absolute atomic E-state index is 10.7. The van der Waals surface area contributed by atoms with Gasteiger partial charge in [0.2, 0.25) is 0 Å². The van der Waals surface area contributed by atoms with Crippen molar-refractivity contribution >= 4 is 0 Å². The number of aliphatic hydroxyl groups excluding tert-OH is 1. The predicted octanol–water partition coefficient (Wildman–Crippen LogP) is 4.26. The van der Waals surface area contributed by atoms with Crippen molar-refractivity contribution in [3.05, 3.63) is 29.3 Å². The summed E-state index contributed by atoms with van der Waals surface area (Å²) >= 11 is 0. The molecule has 3 aliphatic rings. The number of aromatic hydroxyl groups is 1. The van der Waals surface area contributed by atoms with Crippen LogP contribution < -0.4 is 0 Å². The standard InChI is InChI=1S/C22H32O3/c1-3-10-25-13-15-12-22(2)19(8-9-20(22)24)18-6-4-14-11-16(23)5-7-17(14)21(15)18/h5,7,11,15,18-21,23-24H,3-4,6,8-10,12-13H2,1-2H3/t15-,18+,19+,20?,21-,22+/m1/s1. The number of ether oxygens (including phenoxy) is 1. The van der Waals surface area contributed by atoms with Crippen molar-refractivity contribution in [2.24, 2.45) is 23.2 Å². The molecular formula is C22H32O3. The van der Waals surface area contributed by atoms with E-state index in [0.29, 0.717) is 29.4 Å². The molecule has 3 heteroatoms. The lowest BCUT2D eigenvalue weighted by atomic mass is 9.52. The summed E-state index contributed by atoms with van der Waals surface area (Å²) in [6.07, 6.45) is 6.30. The Morgan fingerprint density at radius 3 is 2.88 bits per heavy atom. The molecule has 0 aliphatic heterocycles. The molecule has 0 heterocycles. The van der Waals surface area contributed by atoms with E-state index in [2.05, 4.69) is 19.9 Å². The van der Waals surface area contributed by atoms with Gasteiger partial charge in [-0.2, -0.15) is 0 Å². The van der Waals surface area contributed by atoms with E-state index in [4.69, 9.17) is 4.74 Å². The molecule has 0 aromatic heterocycles. The number of aryl methyl sites for hydroxylation is 1. The van der Waals surface area contributed by atoms with E-state index >= 15 is 0 Å². The first-order valence-corrected chi connectivity index (χ1v) is 10.1. The summed E-state index contributed by atoms with van der Waals surface area (Å²) in [5.74, 6) is 2.63. The highest BCUT2D eigenvalue weighted by molar-refractivity contribution is 5.40. The SMILES string of the molecule is CCCOC[C@H]1C[C@]2(C)C(O)CC[C@H]2[C@@H]2CCc3cc(O)ccc3[C@@H]12. The van der Waals surface area contributed by atoms with E-state index in [-0.39, 0.29) is 11.5 Å². The molecule has 3 nitrogen and oxygen atoms in total. The first-order valence-electron chi connectivity index (χ1n) is 10.1. The number of hydrogen-bond acceptors (Lipinski definition) is 3. The lowest BCUT2D eigenvalue weighted by Crippen LogP contribution is -2.49. The van der Waals surface area contributed by atoms with Gasteiger partial charge in [-0.15, -0.1) is 0 Å². The molecular weight excluding hydrogens is 312 g/mol. The van der Waals surface area contributed by atoms with Gasteiger partial charge in [-0.1, -0.05) is 19.9 Å². The maximum atomic E-state index is 10.7. The predicted molar refractivity (Wildman–Crippen MR) is 98.7 cm³/mol. The second kappa shape index (κ2) is 6.59. The summed E-state index contributed by atoms with van der Waals surface area (Å²) in [6, 6.07) is 5.97. The fourth-order valence-corrected chi connectivity index (χ4v) is 6.39. The number of phenols is 1. The summed E-state index contributed by atoms with van der Waals surface area (Å²) < 4.78 is 6.01. The average molecular weight is 344 g/mol. The second-order valence-electron chi connectivity index (χ2n) is 8.86. The van der Waals surface area contributed by atoms with Crippen molar-refractivity contribution < 1.29 is 14.9 Å². The first kappa shape index (κ1) is 17.4. The number of benzene rings is 1. The van der Waals surface area contributed by atoms with E-state index in [1.54, 1.807) is 0 Å². The normalized spacial score (nSPS) is 39.6. The van der Waals surface area contributed by atoms with Crippen LogP contribution in [0.2, 0.25) is 0 Å². The van der Waals surface area contributed by atoms with Crippen LogP contribution in [0.4, 0.5) is 0 Å². The molecule has 6 atom stereocenters. The van der Waals surface area contributed by atoms with E-state index in [1.807, 2.05) is 12.1 Å². The van der Waals surface area contributed by atoms with Gasteiger partial charge in [0.1, 0.15) is 5.75 Å². The van der Waals surface area contributed by atoms with Gasteiger partial charge in [-0.25, -0.2) is 0 Å². The van der Waals surface area contributed by atoms with Gasteiger partial charge in [0.05, 0.1) is 6.10 Å². The number of rotatable bonds is 4. The molecule has 1 aromatic carbocycles. The number of phenolic OH excluding ortho intramolecular Hbond substituents is 1. The molecule has 1 aromatic rings. The van der Waals surface area contributed by atoms with Crippen molar-refractivity contribution in [2.75, 3.05) is 13.2 Å². The summed E-state index contributed by atoms with van der Waals surface area (Å²) in [5, 5.41) is 20.6. The highest BCUT2D eigenvalue weighted by Crippen LogP contribution is 2.62. The monoisotopic (exact) mass is 344 g/mol. The molecule has 0 spiro atoms. The summed E-state index contributed by atoms with van der Waals surface area (Å²) in [6.45, 7) is 6.09. The van der Waals surface area contributed by atoms with Crippen LogP contribution in [-0.2, 0) is 11.2 Å². The highest BCUT2D eigenvalue weighted by atomic mass is 16.5. The summed E-state index contributed by atoms with van der Waals surface area (Å²) in [5.41, 5.74) is 2.81. The zero-order valence-electron chi connectivity index (χ0n) is 15.6. The van der Waals surface area contributed by atoms with E-state index in [0.717, 1.165) is 45.3 Å². The molecule has 2 saturated carbocycles. The topological polar surface area (TPSA) is 49.7 Å². The zero-order valence-corrected chi connectivity index (χ0v) is 15.6. The van der Waals surface area contributed by atoms with Crippen molar-refractivity contribution in [2.45, 2.75) is 64.4 Å². The zero-order chi connectivity index (χ0) is 17.6. The van der Waals surface area contributed by atoms with Gasteiger partial charge in [-0.3, -0.25) is 0 Å². The van der Waals surface area contributed by atoms with E-state index in [9.17, 15) is 10.2 Å². The first-order chi connectivity index (χ1) is 12.0. The van der Waals surface area contributed by atoms with Crippen LogP contribution in [0.1, 0.15) is 63.0 Å². The molecule has 0 bridgehead atoms. The molecule has 25 heavy (non-hydrogen) atoms. The van der Waals surface area contributed by atoms with Crippen molar-refractivity contribution in [1.29, 1.82) is 0 Å². The fourth-order valence-electron chi connectivity index (χ4n) is 6.39. The minimum Gasteiger partial charge on any atom is -0.508 e. The molecule has 0 saturated heterocycles. The second-order valence-corrected chi connectivity index (χ2v) is 8.86. The van der Waals surface area contributed by atoms with Crippen molar-refractivity contribution in [1.82, 2.24) is 0 Å². The number of fused-ring (bicyclic) bond motifs is 5. The molecule has 0 radical (unpaired) electrons. The van der Waals surface area contributed by atoms with Gasteiger partial charge in [0.15, 0.2) is 0 Å². The highest BCUT2D eigenvalue weighted by Gasteiger charge is 2.57. The van der Waals surface area contributed by atoms with Crippen LogP contribution in [0.3, 0.4) is 0 Å². The lowest BCUT2D eigenvalue weighted by molar-refractivity contribution is -0.0672. The number of hydrogen-bond donors (Lipinski definition) is 2. The van der Waals surface area contributed by atoms with Gasteiger partial charge in [0, 0.05) is 13.2 Å². The Balaban J connectivity index is 1.70. The van der Waals surface area contributed by atoms with Gasteiger partial charge in [-0.05, 0) is 90.9 Å². The average Bonchev–Trinajstić information content (AvgIpc) is 2.89. The number of aliphatic hydroxyl groups is 1. The van der Waals surface area contributed by atoms with Crippen molar-refractivity contribution in [3.8, 4) is 5.75 Å². The Kier molecular flexibility index (Phi) is 4.57. The molecule has 3 aliphatic carbocycles. The fraction of sp³-hybridized carbons (Fsp3) is 0.727. The maximum Gasteiger partial charge on any atom is 0.115 e. The third-order valence-corrected chi connectivity index (χ3v) is 7.46. The van der Waals surface area contributed by atoms with Crippen LogP contribution in [0.25, 0.3) is 0 Å². The largest absolute Gasteiger partial charge is 0.508 e. The Hall–Kier alpha value is -1.06. The Morgan fingerprint density at radius 1 is 1.24 bits per heavy atom. The minimum atomic E-state index is -0.159. The molecule has 4 rings (SSSR count). The van der Waals surface area contributed by atoms with Crippen LogP contribution in [0, 0.1) is 23.2 Å². The molecule has 2 fully saturated rings. The van der Waals surface area contributed by atoms with Crippen LogP contribution in [-0.4, -0.2) is 29.5 Å². The van der Waals surface area contributed by atoms with Crippen molar-refractivity contribution in [3.63, 3.8) is 0 Å². The quantitative estimate of drug-likeness (QED) is 0.802. The Morgan fingerprint density at radius 2 is 2.08 bits per heavy atom. The summed E-state index contributed by atoms with van der Waals surface area (Å²) in [4.78, 5) is 0. The third kappa shape index (κ3) is 2.80. The smallest absolute Gasteiger partial charge is 0.115 e. The van der Waals surface area contributed by atoms with Gasteiger partial charge in [0.25, 0.3) is 0 Å². The van der Waals surface area contributed by atoms with Gasteiger partial charge >= 0.3 is 0 Å². The van der Waals surface area contributed by atoms with Crippen LogP contribution in [0.15, 0.2) is 18.2 Å². The summed E-state index contributed by atoms with van der Waals surface area (Å²) in [7, 11) is 0. The third-order valence-electron chi connectivity index (χ3n) is 7.46. The Bertz CT molecular complexity index is 628.